The Hall–Kier alpha value is -0.830. The van der Waals surface area contributed by atoms with E-state index in [-0.39, 0.29) is 5.92 Å². The second-order valence-electron chi connectivity index (χ2n) is 4.29. The van der Waals surface area contributed by atoms with E-state index in [0.717, 1.165) is 31.5 Å². The zero-order chi connectivity index (χ0) is 11.8. The minimum Gasteiger partial charge on any atom is -0.481 e. The molecule has 1 atom stereocenters. The topological polar surface area (TPSA) is 40.5 Å². The quantitative estimate of drug-likeness (QED) is 0.629. The average Bonchev–Trinajstić information content (AvgIpc) is 2.13. The van der Waals surface area contributed by atoms with E-state index in [1.54, 1.807) is 6.92 Å². The van der Waals surface area contributed by atoms with Crippen LogP contribution in [0.25, 0.3) is 0 Å². The third kappa shape index (κ3) is 7.14. The molecule has 0 rings (SSSR count). The molecule has 1 N–H and O–H groups in total. The molecule has 0 amide bonds. The number of carbonyl (C=O) groups is 1. The van der Waals surface area contributed by atoms with Crippen LogP contribution in [0.5, 0.6) is 0 Å². The molecule has 0 aliphatic rings. The molecule has 0 fully saturated rings. The van der Waals surface area contributed by atoms with Crippen LogP contribution in [0.1, 0.15) is 33.6 Å². The van der Waals surface area contributed by atoms with E-state index < -0.39 is 5.97 Å². The first-order valence-electron chi connectivity index (χ1n) is 5.56. The van der Waals surface area contributed by atoms with Gasteiger partial charge in [-0.2, -0.15) is 0 Å². The lowest BCUT2D eigenvalue weighted by Gasteiger charge is -2.24. The van der Waals surface area contributed by atoms with Crippen LogP contribution in [0, 0.1) is 5.92 Å². The SMILES string of the molecule is C=C(C)CN(CCCC)CC(C)C(=O)O. The molecule has 0 aliphatic heterocycles. The summed E-state index contributed by atoms with van der Waals surface area (Å²) in [6.45, 7) is 12.1. The monoisotopic (exact) mass is 213 g/mol. The number of nitrogens with zero attached hydrogens (tertiary/aromatic N) is 1. The molecule has 0 saturated heterocycles. The predicted octanol–water partition coefficient (Wildman–Crippen LogP) is 2.39. The van der Waals surface area contributed by atoms with Gasteiger partial charge in [0.25, 0.3) is 0 Å². The van der Waals surface area contributed by atoms with Crippen molar-refractivity contribution in [2.75, 3.05) is 19.6 Å². The van der Waals surface area contributed by atoms with Gasteiger partial charge in [0.05, 0.1) is 5.92 Å². The summed E-state index contributed by atoms with van der Waals surface area (Å²) in [5, 5.41) is 8.84. The van der Waals surface area contributed by atoms with Gasteiger partial charge in [-0.3, -0.25) is 9.69 Å². The van der Waals surface area contributed by atoms with Crippen molar-refractivity contribution in [1.82, 2.24) is 4.90 Å². The molecule has 0 bridgehead atoms. The number of carboxylic acids is 1. The van der Waals surface area contributed by atoms with Crippen molar-refractivity contribution in [3.63, 3.8) is 0 Å². The minimum absolute atomic E-state index is 0.304. The van der Waals surface area contributed by atoms with Crippen LogP contribution in [-0.4, -0.2) is 35.6 Å². The lowest BCUT2D eigenvalue weighted by molar-refractivity contribution is -0.141. The summed E-state index contributed by atoms with van der Waals surface area (Å²) in [6, 6.07) is 0. The first-order chi connectivity index (χ1) is 6.97. The molecule has 0 spiro atoms. The summed E-state index contributed by atoms with van der Waals surface area (Å²) in [5.74, 6) is -1.03. The highest BCUT2D eigenvalue weighted by Gasteiger charge is 2.15. The highest BCUT2D eigenvalue weighted by atomic mass is 16.4. The maximum Gasteiger partial charge on any atom is 0.307 e. The van der Waals surface area contributed by atoms with Crippen LogP contribution in [0.15, 0.2) is 12.2 Å². The van der Waals surface area contributed by atoms with Gasteiger partial charge in [0, 0.05) is 13.1 Å². The first kappa shape index (κ1) is 14.2. The lowest BCUT2D eigenvalue weighted by Crippen LogP contribution is -2.33. The van der Waals surface area contributed by atoms with E-state index in [0.29, 0.717) is 6.54 Å². The maximum atomic E-state index is 10.7. The van der Waals surface area contributed by atoms with Gasteiger partial charge in [0.15, 0.2) is 0 Å². The molecule has 88 valence electrons. The van der Waals surface area contributed by atoms with E-state index in [1.807, 2.05) is 6.92 Å². The molecule has 3 nitrogen and oxygen atoms in total. The summed E-state index contributed by atoms with van der Waals surface area (Å²) < 4.78 is 0. The number of aliphatic carboxylic acids is 1. The van der Waals surface area contributed by atoms with Crippen LogP contribution in [0.3, 0.4) is 0 Å². The molecule has 0 heterocycles. The number of unbranched alkanes of at least 4 members (excludes halogenated alkanes) is 1. The molecule has 0 aromatic heterocycles. The van der Waals surface area contributed by atoms with Crippen molar-refractivity contribution in [1.29, 1.82) is 0 Å². The molecule has 3 heteroatoms. The van der Waals surface area contributed by atoms with E-state index in [9.17, 15) is 4.79 Å². The summed E-state index contributed by atoms with van der Waals surface area (Å²) in [7, 11) is 0. The van der Waals surface area contributed by atoms with Gasteiger partial charge in [-0.25, -0.2) is 0 Å². The third-order valence-electron chi connectivity index (χ3n) is 2.28. The predicted molar refractivity (Wildman–Crippen MR) is 63.0 cm³/mol. The summed E-state index contributed by atoms with van der Waals surface area (Å²) in [5.41, 5.74) is 1.09. The zero-order valence-corrected chi connectivity index (χ0v) is 10.1. The maximum absolute atomic E-state index is 10.7. The Morgan fingerprint density at radius 2 is 2.13 bits per heavy atom. The molecular formula is C12H23NO2. The second kappa shape index (κ2) is 7.46. The fourth-order valence-electron chi connectivity index (χ4n) is 1.46. The number of rotatable bonds is 8. The van der Waals surface area contributed by atoms with Gasteiger partial charge >= 0.3 is 5.97 Å². The van der Waals surface area contributed by atoms with Gasteiger partial charge in [-0.15, -0.1) is 0 Å². The van der Waals surface area contributed by atoms with Gasteiger partial charge in [-0.05, 0) is 19.9 Å². The van der Waals surface area contributed by atoms with E-state index in [2.05, 4.69) is 18.4 Å². The van der Waals surface area contributed by atoms with Crippen molar-refractivity contribution < 1.29 is 9.90 Å². The van der Waals surface area contributed by atoms with Crippen molar-refractivity contribution in [3.05, 3.63) is 12.2 Å². The molecule has 0 radical (unpaired) electrons. The fourth-order valence-corrected chi connectivity index (χ4v) is 1.46. The van der Waals surface area contributed by atoms with E-state index >= 15 is 0 Å². The highest BCUT2D eigenvalue weighted by molar-refractivity contribution is 5.69. The number of hydrogen-bond donors (Lipinski definition) is 1. The molecular weight excluding hydrogens is 190 g/mol. The van der Waals surface area contributed by atoms with E-state index in [4.69, 9.17) is 5.11 Å². The summed E-state index contributed by atoms with van der Waals surface area (Å²) in [4.78, 5) is 12.9. The molecule has 0 saturated carbocycles. The molecule has 0 aromatic carbocycles. The van der Waals surface area contributed by atoms with E-state index in [1.165, 1.54) is 0 Å². The smallest absolute Gasteiger partial charge is 0.307 e. The molecule has 1 unspecified atom stereocenters. The lowest BCUT2D eigenvalue weighted by atomic mass is 10.1. The van der Waals surface area contributed by atoms with Crippen molar-refractivity contribution >= 4 is 5.97 Å². The number of hydrogen-bond acceptors (Lipinski definition) is 2. The Morgan fingerprint density at radius 3 is 2.53 bits per heavy atom. The summed E-state index contributed by atoms with van der Waals surface area (Å²) in [6.07, 6.45) is 2.24. The van der Waals surface area contributed by atoms with Crippen molar-refractivity contribution in [2.45, 2.75) is 33.6 Å². The average molecular weight is 213 g/mol. The van der Waals surface area contributed by atoms with Gasteiger partial charge < -0.3 is 5.11 Å². The molecule has 0 aliphatic carbocycles. The largest absolute Gasteiger partial charge is 0.481 e. The normalized spacial score (nSPS) is 12.8. The zero-order valence-electron chi connectivity index (χ0n) is 10.1. The Labute approximate surface area is 92.8 Å². The van der Waals surface area contributed by atoms with Crippen LogP contribution < -0.4 is 0 Å². The number of carboxylic acid groups (broad SMARTS) is 1. The highest BCUT2D eigenvalue weighted by Crippen LogP contribution is 2.05. The van der Waals surface area contributed by atoms with Crippen LogP contribution in [0.4, 0.5) is 0 Å². The third-order valence-corrected chi connectivity index (χ3v) is 2.28. The Morgan fingerprint density at radius 1 is 1.53 bits per heavy atom. The van der Waals surface area contributed by atoms with Gasteiger partial charge in [-0.1, -0.05) is 32.4 Å². The minimum atomic E-state index is -0.724. The van der Waals surface area contributed by atoms with Crippen molar-refractivity contribution in [3.8, 4) is 0 Å². The Balaban J connectivity index is 4.10. The Kier molecular flexibility index (Phi) is 7.05. The van der Waals surface area contributed by atoms with Crippen LogP contribution in [-0.2, 0) is 4.79 Å². The second-order valence-corrected chi connectivity index (χ2v) is 4.29. The fraction of sp³-hybridized carbons (Fsp3) is 0.750. The molecule has 0 aromatic rings. The van der Waals surface area contributed by atoms with Crippen molar-refractivity contribution in [2.24, 2.45) is 5.92 Å². The Bertz CT molecular complexity index is 214. The molecule has 15 heavy (non-hydrogen) atoms. The van der Waals surface area contributed by atoms with Crippen LogP contribution >= 0.6 is 0 Å². The van der Waals surface area contributed by atoms with Gasteiger partial charge in [0.2, 0.25) is 0 Å². The van der Waals surface area contributed by atoms with Gasteiger partial charge in [0.1, 0.15) is 0 Å². The summed E-state index contributed by atoms with van der Waals surface area (Å²) >= 11 is 0. The first-order valence-corrected chi connectivity index (χ1v) is 5.56. The standard InChI is InChI=1S/C12H23NO2/c1-5-6-7-13(8-10(2)3)9-11(4)12(14)15/h11H,2,5-9H2,1,3-4H3,(H,14,15). The van der Waals surface area contributed by atoms with Crippen LogP contribution in [0.2, 0.25) is 0 Å².